The first-order valence-corrected chi connectivity index (χ1v) is 8.02. The molecule has 0 saturated carbocycles. The first-order chi connectivity index (χ1) is 11.0. The van der Waals surface area contributed by atoms with E-state index in [0.29, 0.717) is 48.2 Å². The predicted molar refractivity (Wildman–Crippen MR) is 93.3 cm³/mol. The predicted octanol–water partition coefficient (Wildman–Crippen LogP) is 6.11. The summed E-state index contributed by atoms with van der Waals surface area (Å²) in [4.78, 5) is 0. The van der Waals surface area contributed by atoms with Gasteiger partial charge in [-0.1, -0.05) is 51.6 Å². The lowest BCUT2D eigenvalue weighted by Crippen LogP contribution is -1.90. The normalized spacial score (nSPS) is 11.0. The van der Waals surface area contributed by atoms with Gasteiger partial charge in [-0.2, -0.15) is 0 Å². The van der Waals surface area contributed by atoms with Crippen LogP contribution in [0.3, 0.4) is 0 Å². The number of halogens is 4. The number of aliphatic hydroxyl groups excluding tert-OH is 1. The minimum Gasteiger partial charge on any atom is -0.391 e. The van der Waals surface area contributed by atoms with Crippen LogP contribution in [0.25, 0.3) is 22.6 Å². The SMILES string of the molecule is OCc1c(-c2ccc(Cl)cc2Cl)noc1-c1cc(Cl)cc(Cl)c1. The van der Waals surface area contributed by atoms with Crippen molar-refractivity contribution in [1.29, 1.82) is 0 Å². The maximum absolute atomic E-state index is 9.76. The van der Waals surface area contributed by atoms with E-state index in [-0.39, 0.29) is 6.61 Å². The summed E-state index contributed by atoms with van der Waals surface area (Å²) in [5, 5.41) is 15.6. The van der Waals surface area contributed by atoms with E-state index in [2.05, 4.69) is 5.16 Å². The molecule has 3 aromatic rings. The van der Waals surface area contributed by atoms with Crippen LogP contribution in [0, 0.1) is 0 Å². The fourth-order valence-electron chi connectivity index (χ4n) is 2.26. The maximum atomic E-state index is 9.76. The van der Waals surface area contributed by atoms with E-state index in [0.717, 1.165) is 0 Å². The molecule has 1 N–H and O–H groups in total. The average Bonchev–Trinajstić information content (AvgIpc) is 2.89. The summed E-state index contributed by atoms with van der Waals surface area (Å²) >= 11 is 24.2. The lowest BCUT2D eigenvalue weighted by molar-refractivity contribution is 0.281. The highest BCUT2D eigenvalue weighted by Crippen LogP contribution is 2.37. The third-order valence-electron chi connectivity index (χ3n) is 3.26. The van der Waals surface area contributed by atoms with Gasteiger partial charge in [-0.15, -0.1) is 0 Å². The first-order valence-electron chi connectivity index (χ1n) is 6.51. The molecule has 0 saturated heterocycles. The van der Waals surface area contributed by atoms with Gasteiger partial charge in [0, 0.05) is 26.2 Å². The van der Waals surface area contributed by atoms with Gasteiger partial charge < -0.3 is 9.63 Å². The summed E-state index contributed by atoms with van der Waals surface area (Å²) in [6.07, 6.45) is 0. The molecule has 0 amide bonds. The Bertz CT molecular complexity index is 856. The van der Waals surface area contributed by atoms with Crippen molar-refractivity contribution in [3.63, 3.8) is 0 Å². The molecule has 2 aromatic carbocycles. The number of hydrogen-bond acceptors (Lipinski definition) is 3. The Morgan fingerprint density at radius 1 is 0.913 bits per heavy atom. The van der Waals surface area contributed by atoms with Crippen molar-refractivity contribution in [2.24, 2.45) is 0 Å². The number of benzene rings is 2. The summed E-state index contributed by atoms with van der Waals surface area (Å²) in [5.41, 5.74) is 2.17. The van der Waals surface area contributed by atoms with Crippen molar-refractivity contribution in [2.75, 3.05) is 0 Å². The van der Waals surface area contributed by atoms with Gasteiger partial charge in [-0.3, -0.25) is 0 Å². The van der Waals surface area contributed by atoms with Gasteiger partial charge in [-0.25, -0.2) is 0 Å². The topological polar surface area (TPSA) is 46.3 Å². The van der Waals surface area contributed by atoms with E-state index >= 15 is 0 Å². The lowest BCUT2D eigenvalue weighted by Gasteiger charge is -2.04. The van der Waals surface area contributed by atoms with Crippen molar-refractivity contribution in [1.82, 2.24) is 5.16 Å². The molecule has 0 aliphatic heterocycles. The lowest BCUT2D eigenvalue weighted by atomic mass is 10.0. The quantitative estimate of drug-likeness (QED) is 0.588. The smallest absolute Gasteiger partial charge is 0.173 e. The molecule has 1 aromatic heterocycles. The largest absolute Gasteiger partial charge is 0.391 e. The van der Waals surface area contributed by atoms with Crippen molar-refractivity contribution < 1.29 is 9.63 Å². The first kappa shape index (κ1) is 16.6. The zero-order valence-corrected chi connectivity index (χ0v) is 14.5. The minimum atomic E-state index is -0.281. The Labute approximate surface area is 152 Å². The molecule has 0 spiro atoms. The van der Waals surface area contributed by atoms with Crippen LogP contribution in [0.1, 0.15) is 5.56 Å². The van der Waals surface area contributed by atoms with E-state index in [1.54, 1.807) is 36.4 Å². The van der Waals surface area contributed by atoms with E-state index in [1.165, 1.54) is 0 Å². The van der Waals surface area contributed by atoms with Gasteiger partial charge >= 0.3 is 0 Å². The second kappa shape index (κ2) is 6.71. The van der Waals surface area contributed by atoms with E-state index in [4.69, 9.17) is 50.9 Å². The third kappa shape index (κ3) is 3.35. The van der Waals surface area contributed by atoms with E-state index in [9.17, 15) is 5.11 Å². The Kier molecular flexibility index (Phi) is 4.85. The highest BCUT2D eigenvalue weighted by molar-refractivity contribution is 6.36. The van der Waals surface area contributed by atoms with Crippen LogP contribution in [0.4, 0.5) is 0 Å². The summed E-state index contributed by atoms with van der Waals surface area (Å²) in [6, 6.07) is 9.98. The maximum Gasteiger partial charge on any atom is 0.173 e. The van der Waals surface area contributed by atoms with Gasteiger partial charge in [0.1, 0.15) is 5.69 Å². The molecule has 0 aliphatic carbocycles. The van der Waals surface area contributed by atoms with Gasteiger partial charge in [0.15, 0.2) is 5.76 Å². The molecule has 0 unspecified atom stereocenters. The molecule has 0 aliphatic rings. The van der Waals surface area contributed by atoms with Crippen molar-refractivity contribution >= 4 is 46.4 Å². The van der Waals surface area contributed by atoms with Crippen LogP contribution >= 0.6 is 46.4 Å². The second-order valence-electron chi connectivity index (χ2n) is 4.78. The Balaban J connectivity index is 2.17. The zero-order chi connectivity index (χ0) is 16.6. The fourth-order valence-corrected chi connectivity index (χ4v) is 3.28. The molecular formula is C16H9Cl4NO2. The number of aromatic nitrogens is 1. The van der Waals surface area contributed by atoms with Crippen LogP contribution in [-0.2, 0) is 6.61 Å². The Morgan fingerprint density at radius 2 is 1.61 bits per heavy atom. The standard InChI is InChI=1S/C16H9Cl4NO2/c17-9-1-2-12(14(20)6-9)15-13(7-22)16(23-21-15)8-3-10(18)5-11(19)4-8/h1-6,22H,7H2. The van der Waals surface area contributed by atoms with Crippen molar-refractivity contribution in [3.05, 3.63) is 62.1 Å². The van der Waals surface area contributed by atoms with Crippen LogP contribution in [0.2, 0.25) is 20.1 Å². The van der Waals surface area contributed by atoms with Crippen LogP contribution in [0.5, 0.6) is 0 Å². The summed E-state index contributed by atoms with van der Waals surface area (Å²) in [7, 11) is 0. The molecule has 1 heterocycles. The minimum absolute atomic E-state index is 0.281. The molecule has 0 radical (unpaired) electrons. The molecule has 23 heavy (non-hydrogen) atoms. The van der Waals surface area contributed by atoms with Gasteiger partial charge in [-0.05, 0) is 36.4 Å². The molecule has 0 fully saturated rings. The number of rotatable bonds is 3. The molecule has 3 nitrogen and oxygen atoms in total. The van der Waals surface area contributed by atoms with E-state index < -0.39 is 0 Å². The van der Waals surface area contributed by atoms with Crippen LogP contribution in [0.15, 0.2) is 40.9 Å². The van der Waals surface area contributed by atoms with Crippen molar-refractivity contribution in [3.8, 4) is 22.6 Å². The molecule has 0 bridgehead atoms. The zero-order valence-electron chi connectivity index (χ0n) is 11.5. The number of aliphatic hydroxyl groups is 1. The second-order valence-corrected chi connectivity index (χ2v) is 6.50. The molecule has 118 valence electrons. The van der Waals surface area contributed by atoms with Crippen LogP contribution < -0.4 is 0 Å². The molecule has 0 atom stereocenters. The Morgan fingerprint density at radius 3 is 2.22 bits per heavy atom. The summed E-state index contributed by atoms with van der Waals surface area (Å²) in [6.45, 7) is -0.281. The highest BCUT2D eigenvalue weighted by atomic mass is 35.5. The number of nitrogens with zero attached hydrogens (tertiary/aromatic N) is 1. The average molecular weight is 389 g/mol. The Hall–Kier alpha value is -1.23. The number of hydrogen-bond donors (Lipinski definition) is 1. The van der Waals surface area contributed by atoms with Gasteiger partial charge in [0.2, 0.25) is 0 Å². The van der Waals surface area contributed by atoms with Crippen LogP contribution in [-0.4, -0.2) is 10.3 Å². The molecule has 7 heteroatoms. The van der Waals surface area contributed by atoms with Crippen molar-refractivity contribution in [2.45, 2.75) is 6.61 Å². The highest BCUT2D eigenvalue weighted by Gasteiger charge is 2.20. The van der Waals surface area contributed by atoms with Gasteiger partial charge in [0.25, 0.3) is 0 Å². The fraction of sp³-hybridized carbons (Fsp3) is 0.0625. The van der Waals surface area contributed by atoms with E-state index in [1.807, 2.05) is 0 Å². The summed E-state index contributed by atoms with van der Waals surface area (Å²) < 4.78 is 5.40. The summed E-state index contributed by atoms with van der Waals surface area (Å²) in [5.74, 6) is 0.387. The van der Waals surface area contributed by atoms with Gasteiger partial charge in [0.05, 0.1) is 17.2 Å². The monoisotopic (exact) mass is 387 g/mol. The third-order valence-corrected chi connectivity index (χ3v) is 4.24. The molecule has 3 rings (SSSR count). The molecular weight excluding hydrogens is 380 g/mol.